The van der Waals surface area contributed by atoms with Crippen LogP contribution in [0.3, 0.4) is 0 Å². The van der Waals surface area contributed by atoms with E-state index in [0.29, 0.717) is 0 Å². The van der Waals surface area contributed by atoms with E-state index in [0.717, 1.165) is 6.67 Å². The van der Waals surface area contributed by atoms with Gasteiger partial charge in [0.15, 0.2) is 0 Å². The molecule has 0 spiro atoms. The van der Waals surface area contributed by atoms with Crippen LogP contribution in [0.1, 0.15) is 1.43 Å². The Morgan fingerprint density at radius 3 is 2.10 bits per heavy atom. The number of para-hydroxylation sites is 2. The number of anilines is 2. The Hall–Kier alpha value is -0.180. The maximum Gasteiger partial charge on any atom is 1.00 e. The fraction of sp³-hybridized carbons (Fsp3) is 0.143. The molecule has 48 valence electrons. The van der Waals surface area contributed by atoms with Crippen molar-refractivity contribution >= 4 is 11.4 Å². The summed E-state index contributed by atoms with van der Waals surface area (Å²) in [5.74, 6) is 0. The van der Waals surface area contributed by atoms with Crippen LogP contribution in [0.5, 0.6) is 0 Å². The van der Waals surface area contributed by atoms with Crippen molar-refractivity contribution in [1.82, 2.24) is 0 Å². The minimum absolute atomic E-state index is 0. The predicted molar refractivity (Wildman–Crippen MR) is 39.7 cm³/mol. The third-order valence-electron chi connectivity index (χ3n) is 1.48. The van der Waals surface area contributed by atoms with Crippen LogP contribution in [0.2, 0.25) is 0 Å². The van der Waals surface area contributed by atoms with Crippen molar-refractivity contribution in [1.29, 1.82) is 0 Å². The van der Waals surface area contributed by atoms with E-state index in [9.17, 15) is 0 Å². The molecule has 10 heavy (non-hydrogen) atoms. The molecule has 3 heteroatoms. The maximum atomic E-state index is 3.19. The molecule has 0 amide bonds. The van der Waals surface area contributed by atoms with Gasteiger partial charge in [0.1, 0.15) is 0 Å². The first-order chi connectivity index (χ1) is 4.47. The Kier molecular flexibility index (Phi) is 2.60. The molecule has 0 radical (unpaired) electrons. The molecule has 0 saturated carbocycles. The van der Waals surface area contributed by atoms with Crippen molar-refractivity contribution in [2.45, 2.75) is 0 Å². The molecular formula is C7H9N2Na. The van der Waals surface area contributed by atoms with Crippen molar-refractivity contribution in [3.63, 3.8) is 0 Å². The van der Waals surface area contributed by atoms with E-state index in [1.54, 1.807) is 0 Å². The van der Waals surface area contributed by atoms with Crippen LogP contribution in [0.15, 0.2) is 24.3 Å². The van der Waals surface area contributed by atoms with Crippen LogP contribution in [0, 0.1) is 0 Å². The van der Waals surface area contributed by atoms with Crippen molar-refractivity contribution in [2.75, 3.05) is 17.3 Å². The zero-order valence-corrected chi connectivity index (χ0v) is 8.02. The molecule has 0 unspecified atom stereocenters. The van der Waals surface area contributed by atoms with Gasteiger partial charge in [0.25, 0.3) is 0 Å². The van der Waals surface area contributed by atoms with Crippen LogP contribution in [0.25, 0.3) is 0 Å². The number of hydrogen-bond acceptors (Lipinski definition) is 2. The van der Waals surface area contributed by atoms with E-state index in [2.05, 4.69) is 22.8 Å². The van der Waals surface area contributed by atoms with Gasteiger partial charge in [-0.1, -0.05) is 12.1 Å². The van der Waals surface area contributed by atoms with E-state index in [1.807, 2.05) is 12.1 Å². The predicted octanol–water partition coefficient (Wildman–Crippen LogP) is -1.40. The standard InChI is InChI=1S/C7H8N2.Na.H/c1-2-4-7-6(3-1)8-5-9-7;;/h1-4,8-9H,5H2;;/q;+1;-1. The second kappa shape index (κ2) is 3.28. The summed E-state index contributed by atoms with van der Waals surface area (Å²) in [5, 5.41) is 6.38. The van der Waals surface area contributed by atoms with Gasteiger partial charge in [0.2, 0.25) is 0 Å². The SMILES string of the molecule is [H-].[Na+].c1ccc2c(c1)NCN2. The van der Waals surface area contributed by atoms with Crippen molar-refractivity contribution < 1.29 is 31.0 Å². The summed E-state index contributed by atoms with van der Waals surface area (Å²) in [6, 6.07) is 8.18. The molecule has 1 aromatic rings. The third kappa shape index (κ3) is 1.29. The molecule has 0 saturated heterocycles. The molecule has 0 fully saturated rings. The number of fused-ring (bicyclic) bond motifs is 1. The Morgan fingerprint density at radius 1 is 1.10 bits per heavy atom. The molecule has 2 nitrogen and oxygen atoms in total. The smallest absolute Gasteiger partial charge is 1.00 e. The van der Waals surface area contributed by atoms with E-state index >= 15 is 0 Å². The Morgan fingerprint density at radius 2 is 1.60 bits per heavy atom. The number of rotatable bonds is 0. The van der Waals surface area contributed by atoms with E-state index in [1.165, 1.54) is 11.4 Å². The summed E-state index contributed by atoms with van der Waals surface area (Å²) in [6.07, 6.45) is 0. The van der Waals surface area contributed by atoms with E-state index in [4.69, 9.17) is 0 Å². The third-order valence-corrected chi connectivity index (χ3v) is 1.48. The quantitative estimate of drug-likeness (QED) is 0.437. The van der Waals surface area contributed by atoms with Crippen LogP contribution in [0.4, 0.5) is 11.4 Å². The maximum absolute atomic E-state index is 3.19. The van der Waals surface area contributed by atoms with Crippen molar-refractivity contribution in [3.05, 3.63) is 24.3 Å². The summed E-state index contributed by atoms with van der Waals surface area (Å²) >= 11 is 0. The van der Waals surface area contributed by atoms with Gasteiger partial charge in [-0.25, -0.2) is 0 Å². The molecule has 2 rings (SSSR count). The molecule has 1 aliphatic rings. The van der Waals surface area contributed by atoms with E-state index < -0.39 is 0 Å². The zero-order chi connectivity index (χ0) is 6.10. The Bertz CT molecular complexity index is 206. The summed E-state index contributed by atoms with van der Waals surface area (Å²) in [4.78, 5) is 0. The molecule has 0 bridgehead atoms. The molecule has 1 aromatic carbocycles. The molecule has 0 aromatic heterocycles. The average molecular weight is 144 g/mol. The Balaban J connectivity index is 0.000000500. The number of hydrogen-bond donors (Lipinski definition) is 2. The normalized spacial score (nSPS) is 12.4. The molecule has 2 N–H and O–H groups in total. The molecule has 1 heterocycles. The fourth-order valence-corrected chi connectivity index (χ4v) is 1.03. The van der Waals surface area contributed by atoms with Crippen LogP contribution < -0.4 is 40.2 Å². The van der Waals surface area contributed by atoms with E-state index in [-0.39, 0.29) is 31.0 Å². The van der Waals surface area contributed by atoms with Crippen LogP contribution in [-0.4, -0.2) is 6.67 Å². The molecule has 1 aliphatic heterocycles. The van der Waals surface area contributed by atoms with Gasteiger partial charge in [-0.2, -0.15) is 0 Å². The van der Waals surface area contributed by atoms with Gasteiger partial charge in [0.05, 0.1) is 18.0 Å². The monoisotopic (exact) mass is 144 g/mol. The summed E-state index contributed by atoms with van der Waals surface area (Å²) in [5.41, 5.74) is 2.41. The van der Waals surface area contributed by atoms with Crippen LogP contribution >= 0.6 is 0 Å². The zero-order valence-electron chi connectivity index (χ0n) is 7.02. The van der Waals surface area contributed by atoms with Gasteiger partial charge in [-0.05, 0) is 12.1 Å². The largest absolute Gasteiger partial charge is 1.00 e. The number of benzene rings is 1. The first-order valence-electron chi connectivity index (χ1n) is 3.03. The summed E-state index contributed by atoms with van der Waals surface area (Å²) < 4.78 is 0. The van der Waals surface area contributed by atoms with Crippen molar-refractivity contribution in [3.8, 4) is 0 Å². The second-order valence-corrected chi connectivity index (χ2v) is 2.08. The number of nitrogens with one attached hydrogen (secondary N) is 2. The second-order valence-electron chi connectivity index (χ2n) is 2.08. The van der Waals surface area contributed by atoms with Gasteiger partial charge in [-0.15, -0.1) is 0 Å². The minimum atomic E-state index is 0. The summed E-state index contributed by atoms with van der Waals surface area (Å²) in [6.45, 7) is 0.860. The first-order valence-corrected chi connectivity index (χ1v) is 3.03. The van der Waals surface area contributed by atoms with Gasteiger partial charge < -0.3 is 12.1 Å². The minimum Gasteiger partial charge on any atom is -1.00 e. The topological polar surface area (TPSA) is 24.1 Å². The van der Waals surface area contributed by atoms with Gasteiger partial charge in [-0.3, -0.25) is 0 Å². The summed E-state index contributed by atoms with van der Waals surface area (Å²) in [7, 11) is 0. The van der Waals surface area contributed by atoms with Crippen molar-refractivity contribution in [2.24, 2.45) is 0 Å². The molecular weight excluding hydrogens is 135 g/mol. The molecule has 0 aliphatic carbocycles. The Labute approximate surface area is 83.8 Å². The molecule has 0 atom stereocenters. The van der Waals surface area contributed by atoms with Gasteiger partial charge >= 0.3 is 29.6 Å². The van der Waals surface area contributed by atoms with Crippen LogP contribution in [-0.2, 0) is 0 Å². The average Bonchev–Trinajstić information content (AvgIpc) is 2.33. The van der Waals surface area contributed by atoms with Gasteiger partial charge in [0, 0.05) is 0 Å². The first kappa shape index (κ1) is 7.92. The fourth-order valence-electron chi connectivity index (χ4n) is 1.03.